The van der Waals surface area contributed by atoms with Gasteiger partial charge >= 0.3 is 0 Å². The second kappa shape index (κ2) is 6.58. The number of halogens is 1. The van der Waals surface area contributed by atoms with E-state index in [2.05, 4.69) is 20.1 Å². The summed E-state index contributed by atoms with van der Waals surface area (Å²) in [6.07, 6.45) is 0. The highest BCUT2D eigenvalue weighted by atomic mass is 35.5. The van der Waals surface area contributed by atoms with Gasteiger partial charge in [0.2, 0.25) is 0 Å². The van der Waals surface area contributed by atoms with Gasteiger partial charge in [0.05, 0.1) is 0 Å². The van der Waals surface area contributed by atoms with E-state index in [0.717, 1.165) is 5.56 Å². The van der Waals surface area contributed by atoms with Gasteiger partial charge in [0, 0.05) is 27.9 Å². The molecule has 82 valence electrons. The lowest BCUT2D eigenvalue weighted by molar-refractivity contribution is 0.703. The predicted molar refractivity (Wildman–Crippen MR) is 62.2 cm³/mol. The van der Waals surface area contributed by atoms with Gasteiger partial charge in [-0.05, 0) is 34.7 Å². The minimum Gasteiger partial charge on any atom is -0.0933 e. The molecule has 0 atom stereocenters. The van der Waals surface area contributed by atoms with Crippen LogP contribution in [-0.4, -0.2) is 13.1 Å². The zero-order valence-electron chi connectivity index (χ0n) is 8.36. The van der Waals surface area contributed by atoms with Gasteiger partial charge in [0.15, 0.2) is 0 Å². The summed E-state index contributed by atoms with van der Waals surface area (Å²) >= 11 is 5.76. The first-order valence-electron chi connectivity index (χ1n) is 4.55. The van der Waals surface area contributed by atoms with Crippen LogP contribution < -0.4 is 0 Å². The second-order valence-electron chi connectivity index (χ2n) is 3.08. The van der Waals surface area contributed by atoms with E-state index in [9.17, 15) is 0 Å². The van der Waals surface area contributed by atoms with Gasteiger partial charge in [-0.2, -0.15) is 0 Å². The molecule has 0 aliphatic heterocycles. The number of nitrogens with zero attached hydrogens (tertiary/aromatic N) is 6. The quantitative estimate of drug-likeness (QED) is 0.419. The Morgan fingerprint density at radius 1 is 1.06 bits per heavy atom. The van der Waals surface area contributed by atoms with Gasteiger partial charge in [-0.25, -0.2) is 0 Å². The average Bonchev–Trinajstić information content (AvgIpc) is 2.31. The van der Waals surface area contributed by atoms with Crippen LogP contribution in [-0.2, 0) is 0 Å². The van der Waals surface area contributed by atoms with Crippen molar-refractivity contribution in [3.8, 4) is 0 Å². The number of azide groups is 2. The maximum Gasteiger partial charge on any atom is 0.0406 e. The Labute approximate surface area is 97.1 Å². The fraction of sp³-hybridized carbons (Fsp3) is 0.333. The lowest BCUT2D eigenvalue weighted by atomic mass is 10.00. The molecule has 6 nitrogen and oxygen atoms in total. The van der Waals surface area contributed by atoms with Crippen LogP contribution in [0.15, 0.2) is 34.5 Å². The SMILES string of the molecule is [N-]=[N+]=NCC(CN=[N+]=[N-])c1ccc(Cl)cc1. The Hall–Kier alpha value is -1.87. The van der Waals surface area contributed by atoms with Crippen molar-refractivity contribution in [2.24, 2.45) is 10.2 Å². The van der Waals surface area contributed by atoms with Crippen molar-refractivity contribution < 1.29 is 0 Å². The molecule has 7 heteroatoms. The number of rotatable bonds is 5. The van der Waals surface area contributed by atoms with Crippen molar-refractivity contribution in [2.45, 2.75) is 5.92 Å². The van der Waals surface area contributed by atoms with Gasteiger partial charge in [-0.3, -0.25) is 0 Å². The molecule has 1 aromatic carbocycles. The zero-order valence-corrected chi connectivity index (χ0v) is 9.12. The Morgan fingerprint density at radius 2 is 1.56 bits per heavy atom. The Balaban J connectivity index is 2.85. The summed E-state index contributed by atoms with van der Waals surface area (Å²) in [5.41, 5.74) is 17.5. The maximum atomic E-state index is 8.27. The lowest BCUT2D eigenvalue weighted by Gasteiger charge is -2.11. The summed E-state index contributed by atoms with van der Waals surface area (Å²) in [7, 11) is 0. The molecule has 0 spiro atoms. The first-order valence-corrected chi connectivity index (χ1v) is 4.93. The fourth-order valence-corrected chi connectivity index (χ4v) is 1.40. The molecule has 1 aromatic rings. The molecular weight excluding hydrogens is 228 g/mol. The summed E-state index contributed by atoms with van der Waals surface area (Å²) in [6.45, 7) is 0.522. The summed E-state index contributed by atoms with van der Waals surface area (Å²) in [5.74, 6) is -0.107. The molecule has 0 aromatic heterocycles. The third kappa shape index (κ3) is 3.71. The van der Waals surface area contributed by atoms with Crippen molar-refractivity contribution in [3.05, 3.63) is 55.7 Å². The zero-order chi connectivity index (χ0) is 11.8. The molecule has 0 aliphatic carbocycles. The highest BCUT2D eigenvalue weighted by molar-refractivity contribution is 6.30. The molecule has 0 heterocycles. The summed E-state index contributed by atoms with van der Waals surface area (Å²) in [5, 5.41) is 7.61. The van der Waals surface area contributed by atoms with E-state index >= 15 is 0 Å². The standard InChI is InChI=1S/C9H9ClN6/c10-9-3-1-7(2-4-9)8(5-13-15-11)6-14-16-12/h1-4,8H,5-6H2. The second-order valence-corrected chi connectivity index (χ2v) is 3.51. The normalized spacial score (nSPS) is 11.1. The molecule has 0 fully saturated rings. The predicted octanol–water partition coefficient (Wildman–Crippen LogP) is 4.04. The Kier molecular flexibility index (Phi) is 5.02. The Bertz CT molecular complexity index is 410. The molecule has 0 bridgehead atoms. The first kappa shape index (κ1) is 12.2. The van der Waals surface area contributed by atoms with Crippen molar-refractivity contribution in [3.63, 3.8) is 0 Å². The van der Waals surface area contributed by atoms with Crippen LogP contribution in [0.4, 0.5) is 0 Å². The molecule has 16 heavy (non-hydrogen) atoms. The van der Waals surface area contributed by atoms with E-state index in [4.69, 9.17) is 22.7 Å². The van der Waals surface area contributed by atoms with Crippen LogP contribution in [0.5, 0.6) is 0 Å². The van der Waals surface area contributed by atoms with E-state index in [0.29, 0.717) is 5.02 Å². The summed E-state index contributed by atoms with van der Waals surface area (Å²) < 4.78 is 0. The highest BCUT2D eigenvalue weighted by Crippen LogP contribution is 2.19. The third-order valence-corrected chi connectivity index (χ3v) is 2.32. The van der Waals surface area contributed by atoms with Crippen LogP contribution in [0, 0.1) is 0 Å². The Morgan fingerprint density at radius 3 is 2.00 bits per heavy atom. The first-order chi connectivity index (χ1) is 7.77. The molecule has 0 unspecified atom stereocenters. The molecular formula is C9H9ClN6. The maximum absolute atomic E-state index is 8.27. The van der Waals surface area contributed by atoms with Crippen molar-refractivity contribution >= 4 is 11.6 Å². The van der Waals surface area contributed by atoms with Crippen LogP contribution in [0.1, 0.15) is 11.5 Å². The number of hydrogen-bond donors (Lipinski definition) is 0. The number of benzene rings is 1. The molecule has 0 aliphatic rings. The smallest absolute Gasteiger partial charge is 0.0406 e. The van der Waals surface area contributed by atoms with Gasteiger partial charge < -0.3 is 0 Å². The van der Waals surface area contributed by atoms with Gasteiger partial charge in [-0.15, -0.1) is 0 Å². The van der Waals surface area contributed by atoms with E-state index in [1.54, 1.807) is 12.1 Å². The van der Waals surface area contributed by atoms with Crippen LogP contribution in [0.2, 0.25) is 5.02 Å². The molecule has 0 saturated heterocycles. The van der Waals surface area contributed by atoms with Gasteiger partial charge in [-0.1, -0.05) is 34.0 Å². The minimum atomic E-state index is -0.107. The monoisotopic (exact) mass is 236 g/mol. The summed E-state index contributed by atoms with van der Waals surface area (Å²) in [4.78, 5) is 5.38. The molecule has 0 radical (unpaired) electrons. The topological polar surface area (TPSA) is 97.5 Å². The third-order valence-electron chi connectivity index (χ3n) is 2.07. The van der Waals surface area contributed by atoms with Crippen molar-refractivity contribution in [1.29, 1.82) is 0 Å². The van der Waals surface area contributed by atoms with Crippen LogP contribution in [0.3, 0.4) is 0 Å². The van der Waals surface area contributed by atoms with Crippen molar-refractivity contribution in [1.82, 2.24) is 0 Å². The van der Waals surface area contributed by atoms with E-state index < -0.39 is 0 Å². The van der Waals surface area contributed by atoms with Crippen LogP contribution in [0.25, 0.3) is 20.9 Å². The largest absolute Gasteiger partial charge is 0.0933 e. The molecule has 0 saturated carbocycles. The highest BCUT2D eigenvalue weighted by Gasteiger charge is 2.09. The minimum absolute atomic E-state index is 0.107. The molecule has 0 amide bonds. The van der Waals surface area contributed by atoms with Crippen molar-refractivity contribution in [2.75, 3.05) is 13.1 Å². The van der Waals surface area contributed by atoms with Crippen LogP contribution >= 0.6 is 11.6 Å². The lowest BCUT2D eigenvalue weighted by Crippen LogP contribution is -2.05. The average molecular weight is 237 g/mol. The van der Waals surface area contributed by atoms with Gasteiger partial charge in [0.25, 0.3) is 0 Å². The fourth-order valence-electron chi connectivity index (χ4n) is 1.27. The van der Waals surface area contributed by atoms with Gasteiger partial charge in [0.1, 0.15) is 0 Å². The van der Waals surface area contributed by atoms with E-state index in [-0.39, 0.29) is 19.0 Å². The summed E-state index contributed by atoms with van der Waals surface area (Å²) in [6, 6.07) is 7.14. The van der Waals surface area contributed by atoms with E-state index in [1.165, 1.54) is 0 Å². The molecule has 0 N–H and O–H groups in total. The van der Waals surface area contributed by atoms with E-state index in [1.807, 2.05) is 12.1 Å². The molecule has 1 rings (SSSR count). The number of hydrogen-bond acceptors (Lipinski definition) is 2.